The number of hydrogen-bond acceptors (Lipinski definition) is 7. The molecule has 0 radical (unpaired) electrons. The smallest absolute Gasteiger partial charge is 0.417 e. The van der Waals surface area contributed by atoms with Crippen molar-refractivity contribution in [2.75, 3.05) is 18.5 Å². The Morgan fingerprint density at radius 1 is 1.19 bits per heavy atom. The number of hydrogen-bond donors (Lipinski definition) is 3. The van der Waals surface area contributed by atoms with Gasteiger partial charge < -0.3 is 25.2 Å². The van der Waals surface area contributed by atoms with Gasteiger partial charge in [-0.3, -0.25) is 4.40 Å². The summed E-state index contributed by atoms with van der Waals surface area (Å²) >= 11 is 0. The molecule has 2 aliphatic rings. The summed E-state index contributed by atoms with van der Waals surface area (Å²) in [4.78, 5) is 0. The van der Waals surface area contributed by atoms with Gasteiger partial charge in [-0.15, -0.1) is 10.2 Å². The fourth-order valence-electron chi connectivity index (χ4n) is 5.09. The van der Waals surface area contributed by atoms with Gasteiger partial charge >= 0.3 is 6.18 Å². The highest BCUT2D eigenvalue weighted by Gasteiger charge is 2.36. The highest BCUT2D eigenvalue weighted by atomic mass is 19.4. The average Bonchev–Trinajstić information content (AvgIpc) is 3.35. The zero-order valence-corrected chi connectivity index (χ0v) is 20.0. The number of nitrogens with one attached hydrogen (secondary N) is 2. The molecule has 0 saturated carbocycles. The number of piperidine rings is 1. The van der Waals surface area contributed by atoms with Crippen LogP contribution in [-0.2, 0) is 15.7 Å². The summed E-state index contributed by atoms with van der Waals surface area (Å²) < 4.78 is 54.8. The maximum Gasteiger partial charge on any atom is 0.417 e. The number of aromatic hydroxyl groups is 1. The lowest BCUT2D eigenvalue weighted by atomic mass is 9.94. The molecule has 2 aromatic heterocycles. The lowest BCUT2D eigenvalue weighted by Crippen LogP contribution is -2.55. The number of fused-ring (bicyclic) bond motifs is 1. The predicted molar refractivity (Wildman–Crippen MR) is 128 cm³/mol. The van der Waals surface area contributed by atoms with Crippen LogP contribution >= 0.6 is 0 Å². The summed E-state index contributed by atoms with van der Waals surface area (Å²) in [5, 5.41) is 25.1. The molecule has 3 aromatic rings. The van der Waals surface area contributed by atoms with Crippen molar-refractivity contribution in [3.8, 4) is 17.0 Å². The fourth-order valence-corrected chi connectivity index (χ4v) is 5.09. The van der Waals surface area contributed by atoms with E-state index in [1.54, 1.807) is 22.7 Å². The minimum Gasteiger partial charge on any atom is -0.508 e. The van der Waals surface area contributed by atoms with Crippen LogP contribution < -0.4 is 10.6 Å². The molecule has 36 heavy (non-hydrogen) atoms. The molecule has 0 aliphatic carbocycles. The number of halogens is 3. The lowest BCUT2D eigenvalue weighted by molar-refractivity contribution is -0.191. The third-order valence-electron chi connectivity index (χ3n) is 6.86. The monoisotopic (exact) mass is 505 g/mol. The van der Waals surface area contributed by atoms with Crippen molar-refractivity contribution in [2.24, 2.45) is 0 Å². The molecule has 8 nitrogen and oxygen atoms in total. The van der Waals surface area contributed by atoms with E-state index >= 15 is 0 Å². The molecular formula is C25H30F3N5O3. The van der Waals surface area contributed by atoms with E-state index in [0.29, 0.717) is 24.1 Å². The highest BCUT2D eigenvalue weighted by molar-refractivity contribution is 5.80. The number of rotatable bonds is 6. The summed E-state index contributed by atoms with van der Waals surface area (Å²) in [5.41, 5.74) is -0.547. The molecule has 0 unspecified atom stereocenters. The van der Waals surface area contributed by atoms with E-state index in [1.807, 2.05) is 6.92 Å². The van der Waals surface area contributed by atoms with Crippen molar-refractivity contribution in [3.63, 3.8) is 0 Å². The molecule has 2 fully saturated rings. The van der Waals surface area contributed by atoms with E-state index in [9.17, 15) is 18.3 Å². The van der Waals surface area contributed by atoms with Gasteiger partial charge in [0.05, 0.1) is 23.2 Å². The van der Waals surface area contributed by atoms with Gasteiger partial charge in [-0.2, -0.15) is 13.2 Å². The molecule has 4 heterocycles. The van der Waals surface area contributed by atoms with Crippen LogP contribution in [0.2, 0.25) is 0 Å². The van der Waals surface area contributed by atoms with Crippen LogP contribution in [0.4, 0.5) is 19.1 Å². The third kappa shape index (κ3) is 5.14. The summed E-state index contributed by atoms with van der Waals surface area (Å²) in [6, 6.07) is 6.55. The Labute approximate surface area is 206 Å². The number of alkyl halides is 3. The largest absolute Gasteiger partial charge is 0.508 e. The minimum absolute atomic E-state index is 0.00899. The number of phenolic OH excluding ortho intramolecular Hbond substituents is 1. The van der Waals surface area contributed by atoms with E-state index in [4.69, 9.17) is 9.47 Å². The van der Waals surface area contributed by atoms with Crippen LogP contribution in [0.5, 0.6) is 5.75 Å². The van der Waals surface area contributed by atoms with Gasteiger partial charge in [0.2, 0.25) is 5.95 Å². The summed E-state index contributed by atoms with van der Waals surface area (Å²) in [5.74, 6) is -0.0274. The second-order valence-electron chi connectivity index (χ2n) is 9.37. The second-order valence-corrected chi connectivity index (χ2v) is 9.37. The van der Waals surface area contributed by atoms with E-state index < -0.39 is 17.5 Å². The number of ether oxygens (including phenoxy) is 2. The average molecular weight is 506 g/mol. The van der Waals surface area contributed by atoms with Gasteiger partial charge in [-0.1, -0.05) is 0 Å². The molecule has 194 valence electrons. The number of anilines is 1. The SMILES string of the molecule is C[C@@H](O[C@@H]1CCCCO1)[C@@H]1NCCC[C@H]1Nc1nnc(-c2ccc(O)cc2C(F)(F)F)c2cccn12. The number of benzene rings is 1. The summed E-state index contributed by atoms with van der Waals surface area (Å²) in [6.07, 6.45) is 1.61. The molecule has 0 bridgehead atoms. The van der Waals surface area contributed by atoms with Crippen molar-refractivity contribution < 1.29 is 27.8 Å². The van der Waals surface area contributed by atoms with Gasteiger partial charge in [0.25, 0.3) is 0 Å². The maximum absolute atomic E-state index is 13.7. The first-order chi connectivity index (χ1) is 17.3. The second kappa shape index (κ2) is 10.2. The quantitative estimate of drug-likeness (QED) is 0.451. The van der Waals surface area contributed by atoms with Crippen molar-refractivity contribution in [3.05, 3.63) is 42.1 Å². The van der Waals surface area contributed by atoms with Gasteiger partial charge in [0, 0.05) is 24.4 Å². The molecule has 1 aromatic carbocycles. The summed E-state index contributed by atoms with van der Waals surface area (Å²) in [7, 11) is 0. The van der Waals surface area contributed by atoms with Crippen molar-refractivity contribution in [1.29, 1.82) is 0 Å². The molecule has 0 spiro atoms. The van der Waals surface area contributed by atoms with Crippen LogP contribution in [0.1, 0.15) is 44.6 Å². The number of phenols is 1. The van der Waals surface area contributed by atoms with Gasteiger partial charge in [-0.25, -0.2) is 0 Å². The van der Waals surface area contributed by atoms with Crippen LogP contribution in [0.15, 0.2) is 36.5 Å². The first-order valence-corrected chi connectivity index (χ1v) is 12.3. The minimum atomic E-state index is -4.66. The van der Waals surface area contributed by atoms with Crippen LogP contribution in [0.25, 0.3) is 16.8 Å². The number of aromatic nitrogens is 3. The molecule has 11 heteroatoms. The normalized spacial score (nSPS) is 24.1. The molecular weight excluding hydrogens is 475 g/mol. The zero-order chi connectivity index (χ0) is 25.3. The van der Waals surface area contributed by atoms with Crippen LogP contribution in [0.3, 0.4) is 0 Å². The molecule has 4 atom stereocenters. The molecule has 0 amide bonds. The van der Waals surface area contributed by atoms with E-state index in [2.05, 4.69) is 20.8 Å². The van der Waals surface area contributed by atoms with Crippen LogP contribution in [-0.4, -0.2) is 57.3 Å². The van der Waals surface area contributed by atoms with E-state index in [-0.39, 0.29) is 35.7 Å². The Morgan fingerprint density at radius 3 is 2.83 bits per heavy atom. The standard InChI is InChI=1S/C25H30F3N5O3/c1-15(36-21-8-2-3-13-35-21)22-19(6-4-11-29-22)30-24-32-31-23(20-7-5-12-33(20)24)17-10-9-16(34)14-18(17)25(26,27)28/h5,7,9-10,12,14-15,19,21-22,29,34H,2-4,6,8,11,13H2,1H3,(H,30,32)/t15-,19-,21-,22+/m1/s1. The first kappa shape index (κ1) is 24.8. The number of nitrogens with zero attached hydrogens (tertiary/aromatic N) is 3. The Balaban J connectivity index is 1.42. The van der Waals surface area contributed by atoms with Gasteiger partial charge in [0.1, 0.15) is 11.4 Å². The zero-order valence-electron chi connectivity index (χ0n) is 20.0. The Bertz CT molecular complexity index is 1200. The van der Waals surface area contributed by atoms with E-state index in [1.165, 1.54) is 12.1 Å². The fraction of sp³-hybridized carbons (Fsp3) is 0.520. The Morgan fingerprint density at radius 2 is 2.06 bits per heavy atom. The Kier molecular flexibility index (Phi) is 7.05. The van der Waals surface area contributed by atoms with Gasteiger partial charge in [-0.05, 0) is 75.9 Å². The molecule has 3 N–H and O–H groups in total. The van der Waals surface area contributed by atoms with E-state index in [0.717, 1.165) is 38.6 Å². The molecule has 5 rings (SSSR count). The van der Waals surface area contributed by atoms with Crippen LogP contribution in [0, 0.1) is 0 Å². The third-order valence-corrected chi connectivity index (χ3v) is 6.86. The van der Waals surface area contributed by atoms with Crippen molar-refractivity contribution in [1.82, 2.24) is 19.9 Å². The summed E-state index contributed by atoms with van der Waals surface area (Å²) in [6.45, 7) is 3.60. The first-order valence-electron chi connectivity index (χ1n) is 12.3. The van der Waals surface area contributed by atoms with Gasteiger partial charge in [0.15, 0.2) is 6.29 Å². The topological polar surface area (TPSA) is 92.9 Å². The van der Waals surface area contributed by atoms with Crippen molar-refractivity contribution >= 4 is 11.5 Å². The predicted octanol–water partition coefficient (Wildman–Crippen LogP) is 4.58. The Hall–Kier alpha value is -2.89. The van der Waals surface area contributed by atoms with Crippen molar-refractivity contribution in [2.45, 2.75) is 69.7 Å². The lowest BCUT2D eigenvalue weighted by Gasteiger charge is -2.38. The highest BCUT2D eigenvalue weighted by Crippen LogP contribution is 2.39. The molecule has 2 aliphatic heterocycles. The maximum atomic E-state index is 13.7. The molecule has 2 saturated heterocycles.